The molecule has 0 radical (unpaired) electrons. The summed E-state index contributed by atoms with van der Waals surface area (Å²) in [4.78, 5) is 0. The zero-order valence-electron chi connectivity index (χ0n) is 76.1. The highest BCUT2D eigenvalue weighted by Crippen LogP contribution is 2.51. The van der Waals surface area contributed by atoms with Crippen molar-refractivity contribution in [1.82, 2.24) is 13.7 Å². The van der Waals surface area contributed by atoms with Gasteiger partial charge in [-0.3, -0.25) is 0 Å². The summed E-state index contributed by atoms with van der Waals surface area (Å²) in [6.07, 6.45) is 0. The number of benzene rings is 21. The number of nitrogens with zero attached hydrogens (tertiary/aromatic N) is 3. The van der Waals surface area contributed by atoms with Crippen LogP contribution in [0.3, 0.4) is 0 Å². The molecule has 0 amide bonds. The zero-order chi connectivity index (χ0) is 92.7. The van der Waals surface area contributed by atoms with Gasteiger partial charge in [-0.15, -0.1) is 34.0 Å². The first-order chi connectivity index (χ1) is 69.9. The van der Waals surface area contributed by atoms with Crippen LogP contribution in [0.5, 0.6) is 0 Å². The minimum Gasteiger partial charge on any atom is -0.454 e. The molecule has 0 aliphatic rings. The Hall–Kier alpha value is -17.7. The Morgan fingerprint density at radius 1 is 0.156 bits per heavy atom. The van der Waals surface area contributed by atoms with E-state index in [-0.39, 0.29) is 0 Å². The lowest BCUT2D eigenvalue weighted by molar-refractivity contribution is 0.672. The number of aromatic nitrogens is 3. The molecule has 0 N–H and O–H groups in total. The highest BCUT2D eigenvalue weighted by atomic mass is 32.1. The molecular formula is C132H81N3O3S3. The van der Waals surface area contributed by atoms with Gasteiger partial charge in [0.05, 0.1) is 16.6 Å². The third-order valence-corrected chi connectivity index (χ3v) is 31.9. The van der Waals surface area contributed by atoms with E-state index >= 15 is 0 Å². The fraction of sp³-hybridized carbons (Fsp3) is 0. The van der Waals surface area contributed by atoms with E-state index in [4.69, 9.17) is 13.3 Å². The topological polar surface area (TPSA) is 54.2 Å². The Kier molecular flexibility index (Phi) is 19.5. The van der Waals surface area contributed by atoms with Crippen molar-refractivity contribution in [2.45, 2.75) is 0 Å². The van der Waals surface area contributed by atoms with Crippen molar-refractivity contribution in [3.63, 3.8) is 0 Å². The van der Waals surface area contributed by atoms with Crippen molar-refractivity contribution < 1.29 is 13.3 Å². The van der Waals surface area contributed by atoms with Gasteiger partial charge < -0.3 is 27.0 Å². The summed E-state index contributed by atoms with van der Waals surface area (Å²) in [7, 11) is 0. The zero-order valence-corrected chi connectivity index (χ0v) is 78.5. The number of hydrogen-bond acceptors (Lipinski definition) is 6. The molecule has 9 heteroatoms. The predicted molar refractivity (Wildman–Crippen MR) is 599 cm³/mol. The average molecular weight is 1850 g/mol. The Bertz CT molecular complexity index is 10100. The number of hydrogen-bond donors (Lipinski definition) is 0. The molecule has 9 aromatic heterocycles. The Morgan fingerprint density at radius 3 is 0.887 bits per heavy atom. The lowest BCUT2D eigenvalue weighted by Gasteiger charge is -2.09. The molecule has 0 saturated heterocycles. The van der Waals surface area contributed by atoms with Crippen LogP contribution in [0.2, 0.25) is 0 Å². The van der Waals surface area contributed by atoms with Gasteiger partial charge in [-0.1, -0.05) is 370 Å². The molecule has 21 aromatic carbocycles. The highest BCUT2D eigenvalue weighted by molar-refractivity contribution is 7.27. The van der Waals surface area contributed by atoms with Crippen LogP contribution in [0.1, 0.15) is 0 Å². The minimum absolute atomic E-state index is 0.899. The van der Waals surface area contributed by atoms with Gasteiger partial charge in [0.1, 0.15) is 33.3 Å². The molecule has 6 nitrogen and oxygen atoms in total. The van der Waals surface area contributed by atoms with Crippen molar-refractivity contribution in [1.29, 1.82) is 0 Å². The summed E-state index contributed by atoms with van der Waals surface area (Å²) >= 11 is 5.65. The van der Waals surface area contributed by atoms with Crippen molar-refractivity contribution in [2.24, 2.45) is 0 Å². The predicted octanol–water partition coefficient (Wildman–Crippen LogP) is 38.7. The Balaban J connectivity index is 0.000000104. The van der Waals surface area contributed by atoms with E-state index in [2.05, 4.69) is 505 Å². The summed E-state index contributed by atoms with van der Waals surface area (Å²) in [5.41, 5.74) is 37.6. The van der Waals surface area contributed by atoms with E-state index in [1.165, 1.54) is 138 Å². The van der Waals surface area contributed by atoms with Gasteiger partial charge in [0, 0.05) is 115 Å². The first kappa shape index (κ1) is 81.6. The summed E-state index contributed by atoms with van der Waals surface area (Å²) in [5, 5.41) is 14.6. The molecular weight excluding hydrogens is 1770 g/mol. The number of rotatable bonds is 12. The van der Waals surface area contributed by atoms with Crippen LogP contribution >= 0.6 is 34.0 Å². The molecule has 0 bridgehead atoms. The second kappa shape index (κ2) is 33.6. The largest absolute Gasteiger partial charge is 0.454 e. The standard InChI is InChI=1S/3C44H27NOS/c1-3-12-28(13-4-1)34-19-10-20-36-40-32(17-11-23-39(40)47-44(34)36)29-24-26-30(27-25-29)33-18-9-21-37-41-43(46-42(33)37)35-16-7-8-22-38(35)45(41)31-14-5-2-6-15-31;1-3-11-29(12-4-1)33-16-9-18-35-36-19-10-17-34(44(36)47-43(33)35)30-23-21-28(22-24-30)31-25-26-38-40(27-31)46-42-37-15-7-8-20-39(37)45(41(38)42)32-13-5-2-6-14-32;1-3-9-28(10-4-1)32-19-22-35-36-23-20-33(27-42(36)47-41(35)26-32)30-17-15-29(16-18-30)31-21-24-38-40(25-31)46-44-37-13-7-8-14-39(37)45(43(38)44)34-11-5-2-6-12-34/h3*1-27H. The third kappa shape index (κ3) is 13.7. The number of para-hydroxylation sites is 7. The summed E-state index contributed by atoms with van der Waals surface area (Å²) in [6.45, 7) is 0. The SMILES string of the molecule is c1ccc(-c2ccc3c(c2)sc2cc(-c4ccc(-c5ccc6c(c5)oc5c7ccccc7n(-c7ccccc7)c65)cc4)ccc23)cc1.c1ccc(-c2cccc3c2sc2c(-c4ccc(-c5ccc6c(c5)oc5c7ccccc7n(-c7ccccc7)c65)cc4)cccc23)cc1.c1ccc(-c2cccc3c2sc2cccc(-c4ccc(-c5cccc6c5oc5c7ccccc7n(-c7ccccc7)c65)cc4)c23)cc1. The Morgan fingerprint density at radius 2 is 0.447 bits per heavy atom. The lowest BCUT2D eigenvalue weighted by Crippen LogP contribution is -1.92. The van der Waals surface area contributed by atoms with Crippen LogP contribution in [-0.4, -0.2) is 13.7 Å². The quantitative estimate of drug-likeness (QED) is 0.122. The molecule has 660 valence electrons. The fourth-order valence-corrected chi connectivity index (χ4v) is 25.5. The average Bonchev–Trinajstić information content (AvgIpc) is 1.56. The van der Waals surface area contributed by atoms with Crippen LogP contribution in [0, 0.1) is 0 Å². The maximum Gasteiger partial charge on any atom is 0.161 e. The van der Waals surface area contributed by atoms with E-state index in [1.807, 2.05) is 34.0 Å². The monoisotopic (exact) mass is 1850 g/mol. The molecule has 0 saturated carbocycles. The number of fused-ring (bicyclic) bond motifs is 24. The first-order valence-corrected chi connectivity index (χ1v) is 50.2. The van der Waals surface area contributed by atoms with Gasteiger partial charge in [-0.05, 0) is 216 Å². The van der Waals surface area contributed by atoms with Crippen molar-refractivity contribution in [2.75, 3.05) is 0 Å². The summed E-state index contributed by atoms with van der Waals surface area (Å²) in [6, 6.07) is 176. The van der Waals surface area contributed by atoms with Gasteiger partial charge in [0.15, 0.2) is 16.7 Å². The molecule has 0 spiro atoms. The van der Waals surface area contributed by atoms with E-state index in [0.29, 0.717) is 0 Å². The van der Waals surface area contributed by atoms with Gasteiger partial charge >= 0.3 is 0 Å². The number of furan rings is 3. The van der Waals surface area contributed by atoms with E-state index in [1.54, 1.807) is 0 Å². The fourth-order valence-electron chi connectivity index (χ4n) is 21.7. The van der Waals surface area contributed by atoms with Crippen LogP contribution in [0.25, 0.3) is 277 Å². The van der Waals surface area contributed by atoms with Crippen LogP contribution in [-0.2, 0) is 0 Å². The molecule has 0 fully saturated rings. The van der Waals surface area contributed by atoms with Crippen LogP contribution < -0.4 is 0 Å². The van der Waals surface area contributed by atoms with Crippen LogP contribution in [0.15, 0.2) is 505 Å². The van der Waals surface area contributed by atoms with E-state index < -0.39 is 0 Å². The van der Waals surface area contributed by atoms with Crippen molar-refractivity contribution in [3.8, 4) is 117 Å². The third-order valence-electron chi connectivity index (χ3n) is 28.3. The van der Waals surface area contributed by atoms with Crippen molar-refractivity contribution >= 4 is 193 Å². The second-order valence-corrected chi connectivity index (χ2v) is 39.4. The second-order valence-electron chi connectivity index (χ2n) is 36.3. The highest BCUT2D eigenvalue weighted by Gasteiger charge is 2.27. The molecule has 0 unspecified atom stereocenters. The maximum atomic E-state index is 6.79. The minimum atomic E-state index is 0.899. The van der Waals surface area contributed by atoms with E-state index in [0.717, 1.165) is 138 Å². The molecule has 0 aliphatic carbocycles. The molecule has 0 atom stereocenters. The maximum absolute atomic E-state index is 6.79. The van der Waals surface area contributed by atoms with Gasteiger partial charge in [0.2, 0.25) is 0 Å². The molecule has 30 aromatic rings. The van der Waals surface area contributed by atoms with Crippen molar-refractivity contribution in [3.05, 3.63) is 491 Å². The smallest absolute Gasteiger partial charge is 0.161 e. The molecule has 141 heavy (non-hydrogen) atoms. The molecule has 9 heterocycles. The Labute approximate surface area is 822 Å². The van der Waals surface area contributed by atoms with Gasteiger partial charge in [-0.25, -0.2) is 0 Å². The first-order valence-electron chi connectivity index (χ1n) is 47.8. The normalized spacial score (nSPS) is 11.8. The summed E-state index contributed by atoms with van der Waals surface area (Å²) < 4.78 is 34.9. The lowest BCUT2D eigenvalue weighted by atomic mass is 9.95. The number of thiophene rings is 3. The molecule has 0 aliphatic heterocycles. The van der Waals surface area contributed by atoms with Gasteiger partial charge in [0.25, 0.3) is 0 Å². The van der Waals surface area contributed by atoms with Crippen LogP contribution in [0.4, 0.5) is 0 Å². The van der Waals surface area contributed by atoms with Gasteiger partial charge in [-0.2, -0.15) is 0 Å². The van der Waals surface area contributed by atoms with E-state index in [9.17, 15) is 0 Å². The molecule has 30 rings (SSSR count). The summed E-state index contributed by atoms with van der Waals surface area (Å²) in [5.74, 6) is 0.